The molecule has 1 aliphatic rings. The first kappa shape index (κ1) is 21.0. The molecule has 0 saturated heterocycles. The van der Waals surface area contributed by atoms with Crippen LogP contribution in [-0.4, -0.2) is 57.2 Å². The van der Waals surface area contributed by atoms with Crippen molar-refractivity contribution >= 4 is 23.3 Å². The first-order valence-corrected chi connectivity index (χ1v) is 9.44. The standard InChI is InChI=1S/C20H32N4O3/c1-14(2)21-20(26)22-17-8-9-18(23(3)4)16(10-17)12-24(11-15-6-7-15)19(25)13-27-5/h8-10,14-15H,6-7,11-13H2,1-5H3,(H2,21,22,26). The molecular formula is C20H32N4O3. The van der Waals surface area contributed by atoms with Gasteiger partial charge in [0.15, 0.2) is 0 Å². The lowest BCUT2D eigenvalue weighted by Crippen LogP contribution is -2.36. The summed E-state index contributed by atoms with van der Waals surface area (Å²) in [5.41, 5.74) is 2.72. The van der Waals surface area contributed by atoms with Crippen molar-refractivity contribution in [2.75, 3.05) is 44.6 Å². The van der Waals surface area contributed by atoms with Crippen molar-refractivity contribution < 1.29 is 14.3 Å². The molecule has 7 heteroatoms. The van der Waals surface area contributed by atoms with Gasteiger partial charge in [0.2, 0.25) is 5.91 Å². The summed E-state index contributed by atoms with van der Waals surface area (Å²) in [6.07, 6.45) is 2.35. The van der Waals surface area contributed by atoms with Crippen LogP contribution >= 0.6 is 0 Å². The van der Waals surface area contributed by atoms with Gasteiger partial charge in [-0.1, -0.05) is 0 Å². The molecule has 3 amide bonds. The van der Waals surface area contributed by atoms with E-state index in [4.69, 9.17) is 4.74 Å². The third kappa shape index (κ3) is 6.75. The van der Waals surface area contributed by atoms with Gasteiger partial charge >= 0.3 is 6.03 Å². The summed E-state index contributed by atoms with van der Waals surface area (Å²) in [5.74, 6) is 0.580. The lowest BCUT2D eigenvalue weighted by atomic mass is 10.1. The molecule has 150 valence electrons. The van der Waals surface area contributed by atoms with Gasteiger partial charge in [-0.2, -0.15) is 0 Å². The van der Waals surface area contributed by atoms with Crippen molar-refractivity contribution in [1.29, 1.82) is 0 Å². The predicted molar refractivity (Wildman–Crippen MR) is 108 cm³/mol. The molecule has 0 unspecified atom stereocenters. The number of hydrogen-bond donors (Lipinski definition) is 2. The summed E-state index contributed by atoms with van der Waals surface area (Å²) in [4.78, 5) is 28.4. The first-order valence-electron chi connectivity index (χ1n) is 9.44. The summed E-state index contributed by atoms with van der Waals surface area (Å²) < 4.78 is 5.05. The van der Waals surface area contributed by atoms with Crippen molar-refractivity contribution in [2.45, 2.75) is 39.3 Å². The average molecular weight is 377 g/mol. The van der Waals surface area contributed by atoms with Crippen LogP contribution in [0.4, 0.5) is 16.2 Å². The van der Waals surface area contributed by atoms with Gasteiger partial charge in [0.25, 0.3) is 0 Å². The molecule has 1 saturated carbocycles. The van der Waals surface area contributed by atoms with Crippen LogP contribution in [0, 0.1) is 5.92 Å². The molecule has 2 N–H and O–H groups in total. The molecule has 0 aromatic heterocycles. The minimum Gasteiger partial charge on any atom is -0.377 e. The van der Waals surface area contributed by atoms with E-state index in [1.165, 1.54) is 20.0 Å². The Morgan fingerprint density at radius 3 is 2.52 bits per heavy atom. The zero-order valence-electron chi connectivity index (χ0n) is 17.0. The van der Waals surface area contributed by atoms with Crippen molar-refractivity contribution in [3.05, 3.63) is 23.8 Å². The molecule has 0 bridgehead atoms. The summed E-state index contributed by atoms with van der Waals surface area (Å²) in [6, 6.07) is 5.61. The van der Waals surface area contributed by atoms with Crippen LogP contribution in [0.3, 0.4) is 0 Å². The highest BCUT2D eigenvalue weighted by Gasteiger charge is 2.27. The molecule has 0 heterocycles. The SMILES string of the molecule is COCC(=O)N(Cc1cc(NC(=O)NC(C)C)ccc1N(C)C)CC1CC1. The normalized spacial score (nSPS) is 13.4. The van der Waals surface area contributed by atoms with Crippen molar-refractivity contribution in [2.24, 2.45) is 5.92 Å². The van der Waals surface area contributed by atoms with Gasteiger partial charge in [-0.15, -0.1) is 0 Å². The second-order valence-corrected chi connectivity index (χ2v) is 7.64. The van der Waals surface area contributed by atoms with Crippen LogP contribution < -0.4 is 15.5 Å². The van der Waals surface area contributed by atoms with Gasteiger partial charge in [0.1, 0.15) is 6.61 Å². The number of nitrogens with one attached hydrogen (secondary N) is 2. The van der Waals surface area contributed by atoms with E-state index in [0.29, 0.717) is 18.2 Å². The summed E-state index contributed by atoms with van der Waals surface area (Å²) in [6.45, 7) is 5.15. The lowest BCUT2D eigenvalue weighted by molar-refractivity contribution is -0.136. The molecule has 0 atom stereocenters. The van der Waals surface area contributed by atoms with E-state index in [-0.39, 0.29) is 24.6 Å². The second kappa shape index (κ2) is 9.60. The Hall–Kier alpha value is -2.28. The number of ether oxygens (including phenoxy) is 1. The molecule has 0 aliphatic heterocycles. The minimum absolute atomic E-state index is 0.00924. The summed E-state index contributed by atoms with van der Waals surface area (Å²) in [7, 11) is 5.48. The number of methoxy groups -OCH3 is 1. The van der Waals surface area contributed by atoms with Crippen LogP contribution in [0.5, 0.6) is 0 Å². The molecule has 1 aliphatic carbocycles. The van der Waals surface area contributed by atoms with Gasteiger partial charge in [0, 0.05) is 51.7 Å². The minimum atomic E-state index is -0.237. The monoisotopic (exact) mass is 376 g/mol. The van der Waals surface area contributed by atoms with E-state index in [0.717, 1.165) is 17.8 Å². The Labute approximate surface area is 162 Å². The van der Waals surface area contributed by atoms with Crippen LogP contribution in [0.2, 0.25) is 0 Å². The van der Waals surface area contributed by atoms with Crippen LogP contribution in [0.25, 0.3) is 0 Å². The molecule has 1 aromatic rings. The predicted octanol–water partition coefficient (Wildman–Crippen LogP) is 2.67. The van der Waals surface area contributed by atoms with Crippen molar-refractivity contribution in [3.8, 4) is 0 Å². The lowest BCUT2D eigenvalue weighted by Gasteiger charge is -2.26. The van der Waals surface area contributed by atoms with E-state index in [1.54, 1.807) is 0 Å². The number of carbonyl (C=O) groups excluding carboxylic acids is 2. The molecule has 0 spiro atoms. The number of rotatable bonds is 9. The van der Waals surface area contributed by atoms with Crippen molar-refractivity contribution in [1.82, 2.24) is 10.2 Å². The molecule has 1 fully saturated rings. The Morgan fingerprint density at radius 2 is 1.96 bits per heavy atom. The Morgan fingerprint density at radius 1 is 1.26 bits per heavy atom. The van der Waals surface area contributed by atoms with Crippen molar-refractivity contribution in [3.63, 3.8) is 0 Å². The molecule has 2 rings (SSSR count). The number of carbonyl (C=O) groups is 2. The van der Waals surface area contributed by atoms with E-state index in [2.05, 4.69) is 10.6 Å². The van der Waals surface area contributed by atoms with Crippen LogP contribution in [0.1, 0.15) is 32.3 Å². The zero-order chi connectivity index (χ0) is 20.0. The summed E-state index contributed by atoms with van der Waals surface area (Å²) >= 11 is 0. The zero-order valence-corrected chi connectivity index (χ0v) is 17.0. The fourth-order valence-electron chi connectivity index (χ4n) is 2.94. The number of amides is 3. The molecule has 7 nitrogen and oxygen atoms in total. The second-order valence-electron chi connectivity index (χ2n) is 7.64. The largest absolute Gasteiger partial charge is 0.377 e. The third-order valence-corrected chi connectivity index (χ3v) is 4.40. The number of nitrogens with zero attached hydrogens (tertiary/aromatic N) is 2. The first-order chi connectivity index (χ1) is 12.8. The number of anilines is 2. The van der Waals surface area contributed by atoms with Gasteiger partial charge < -0.3 is 25.2 Å². The topological polar surface area (TPSA) is 73.9 Å². The molecular weight excluding hydrogens is 344 g/mol. The van der Waals surface area contributed by atoms with E-state index in [1.807, 2.05) is 55.9 Å². The fourth-order valence-corrected chi connectivity index (χ4v) is 2.94. The van der Waals surface area contributed by atoms with E-state index in [9.17, 15) is 9.59 Å². The summed E-state index contributed by atoms with van der Waals surface area (Å²) in [5, 5.41) is 5.68. The fraction of sp³-hybridized carbons (Fsp3) is 0.600. The Bertz CT molecular complexity index is 657. The maximum absolute atomic E-state index is 12.5. The number of hydrogen-bond acceptors (Lipinski definition) is 4. The molecule has 0 radical (unpaired) electrons. The molecule has 27 heavy (non-hydrogen) atoms. The quantitative estimate of drug-likeness (QED) is 0.695. The highest BCUT2D eigenvalue weighted by atomic mass is 16.5. The Kier molecular flexibility index (Phi) is 7.47. The van der Waals surface area contributed by atoms with Crippen LogP contribution in [-0.2, 0) is 16.1 Å². The number of benzene rings is 1. The smallest absolute Gasteiger partial charge is 0.319 e. The van der Waals surface area contributed by atoms with Gasteiger partial charge in [-0.3, -0.25) is 4.79 Å². The Balaban J connectivity index is 2.20. The van der Waals surface area contributed by atoms with Crippen LogP contribution in [0.15, 0.2) is 18.2 Å². The third-order valence-electron chi connectivity index (χ3n) is 4.40. The average Bonchev–Trinajstić information content (AvgIpc) is 3.37. The van der Waals surface area contributed by atoms with Gasteiger partial charge in [-0.25, -0.2) is 4.79 Å². The maximum Gasteiger partial charge on any atom is 0.319 e. The van der Waals surface area contributed by atoms with Gasteiger partial charge in [-0.05, 0) is 56.4 Å². The van der Waals surface area contributed by atoms with Gasteiger partial charge in [0.05, 0.1) is 0 Å². The van der Waals surface area contributed by atoms with E-state index >= 15 is 0 Å². The maximum atomic E-state index is 12.5. The molecule has 1 aromatic carbocycles. The highest BCUT2D eigenvalue weighted by molar-refractivity contribution is 5.90. The highest BCUT2D eigenvalue weighted by Crippen LogP contribution is 2.31. The van der Waals surface area contributed by atoms with E-state index < -0.39 is 0 Å². The number of urea groups is 1.